The summed E-state index contributed by atoms with van der Waals surface area (Å²) < 4.78 is 0. The summed E-state index contributed by atoms with van der Waals surface area (Å²) >= 11 is 0. The Kier molecular flexibility index (Phi) is 4.40. The van der Waals surface area contributed by atoms with Crippen LogP contribution in [-0.2, 0) is 9.59 Å². The fraction of sp³-hybridized carbons (Fsp3) is 0.526. The van der Waals surface area contributed by atoms with Crippen LogP contribution < -0.4 is 10.2 Å². The van der Waals surface area contributed by atoms with Gasteiger partial charge in [0.15, 0.2) is 0 Å². The molecule has 5 rings (SSSR count). The molecule has 3 saturated heterocycles. The van der Waals surface area contributed by atoms with Crippen LogP contribution in [0.4, 0.5) is 5.69 Å². The summed E-state index contributed by atoms with van der Waals surface area (Å²) in [6, 6.07) is 7.24. The standard InChI is InChI=1S/C19H24N4O3/c1-21-16-5-3-2-4-15(16)19(26)22(11-17(21)24)12-18(25)23-10-13-6-7-14(23)9-20-8-13/h2-5,13-14,20H,6-12H2,1H3/t13-,14+/m1/s1. The number of hydrogen-bond donors (Lipinski definition) is 1. The van der Waals surface area contributed by atoms with Gasteiger partial charge in [-0.15, -0.1) is 0 Å². The van der Waals surface area contributed by atoms with Crippen molar-refractivity contribution >= 4 is 23.4 Å². The molecular formula is C19H24N4O3. The number of nitrogens with zero attached hydrogens (tertiary/aromatic N) is 3. The molecule has 4 aliphatic heterocycles. The van der Waals surface area contributed by atoms with E-state index >= 15 is 0 Å². The number of likely N-dealkylation sites (N-methyl/N-ethyl adjacent to an activating group) is 1. The number of carbonyl (C=O) groups is 3. The van der Waals surface area contributed by atoms with Gasteiger partial charge in [-0.2, -0.15) is 0 Å². The van der Waals surface area contributed by atoms with Crippen LogP contribution in [0.15, 0.2) is 24.3 Å². The van der Waals surface area contributed by atoms with Gasteiger partial charge in [0, 0.05) is 26.2 Å². The molecule has 3 fully saturated rings. The van der Waals surface area contributed by atoms with Crippen molar-refractivity contribution in [2.24, 2.45) is 5.92 Å². The second-order valence-electron chi connectivity index (χ2n) is 7.43. The van der Waals surface area contributed by atoms with Crippen LogP contribution in [-0.4, -0.2) is 73.3 Å². The van der Waals surface area contributed by atoms with Gasteiger partial charge in [0.05, 0.1) is 11.3 Å². The molecule has 2 atom stereocenters. The number of para-hydroxylation sites is 1. The number of benzene rings is 1. The maximum Gasteiger partial charge on any atom is 0.256 e. The predicted octanol–water partition coefficient (Wildman–Crippen LogP) is 0.316. The van der Waals surface area contributed by atoms with E-state index < -0.39 is 0 Å². The van der Waals surface area contributed by atoms with Crippen LogP contribution in [0.5, 0.6) is 0 Å². The van der Waals surface area contributed by atoms with E-state index in [0.29, 0.717) is 17.2 Å². The highest BCUT2D eigenvalue weighted by atomic mass is 16.2. The third-order valence-electron chi connectivity index (χ3n) is 5.75. The highest BCUT2D eigenvalue weighted by molar-refractivity contribution is 6.10. The molecule has 2 bridgehead atoms. The maximum absolute atomic E-state index is 12.9. The highest BCUT2D eigenvalue weighted by Crippen LogP contribution is 2.26. The predicted molar refractivity (Wildman–Crippen MR) is 96.9 cm³/mol. The van der Waals surface area contributed by atoms with Crippen molar-refractivity contribution in [2.45, 2.75) is 18.9 Å². The van der Waals surface area contributed by atoms with Crippen molar-refractivity contribution in [1.29, 1.82) is 0 Å². The topological polar surface area (TPSA) is 73.0 Å². The van der Waals surface area contributed by atoms with E-state index in [9.17, 15) is 14.4 Å². The summed E-state index contributed by atoms with van der Waals surface area (Å²) in [5, 5.41) is 3.41. The monoisotopic (exact) mass is 356 g/mol. The Morgan fingerprint density at radius 2 is 2.00 bits per heavy atom. The Morgan fingerprint density at radius 1 is 1.19 bits per heavy atom. The van der Waals surface area contributed by atoms with E-state index in [2.05, 4.69) is 5.32 Å². The lowest BCUT2D eigenvalue weighted by atomic mass is 9.95. The molecule has 0 radical (unpaired) electrons. The molecule has 1 N–H and O–H groups in total. The molecule has 0 aromatic heterocycles. The maximum atomic E-state index is 12.9. The first-order valence-corrected chi connectivity index (χ1v) is 9.19. The number of hydrogen-bond acceptors (Lipinski definition) is 4. The van der Waals surface area contributed by atoms with E-state index in [1.54, 1.807) is 31.3 Å². The number of anilines is 1. The minimum absolute atomic E-state index is 0.0457. The van der Waals surface area contributed by atoms with Gasteiger partial charge in [-0.3, -0.25) is 14.4 Å². The molecular weight excluding hydrogens is 332 g/mol. The van der Waals surface area contributed by atoms with E-state index in [1.807, 2.05) is 4.90 Å². The number of rotatable bonds is 2. The SMILES string of the molecule is CN1C(=O)CN(CC(=O)N2C[C@@H]3CC[C@H]2CNC3)C(=O)c2ccccc21. The Morgan fingerprint density at radius 3 is 2.85 bits per heavy atom. The summed E-state index contributed by atoms with van der Waals surface area (Å²) in [4.78, 5) is 43.1. The van der Waals surface area contributed by atoms with Crippen molar-refractivity contribution in [3.63, 3.8) is 0 Å². The van der Waals surface area contributed by atoms with Crippen LogP contribution in [0.3, 0.4) is 0 Å². The average molecular weight is 356 g/mol. The number of amides is 3. The molecule has 138 valence electrons. The molecule has 4 aliphatic rings. The van der Waals surface area contributed by atoms with Crippen LogP contribution in [0, 0.1) is 5.92 Å². The lowest BCUT2D eigenvalue weighted by Gasteiger charge is -2.37. The largest absolute Gasteiger partial charge is 0.337 e. The first-order valence-electron chi connectivity index (χ1n) is 9.19. The van der Waals surface area contributed by atoms with Gasteiger partial charge in [-0.1, -0.05) is 12.1 Å². The average Bonchev–Trinajstić information content (AvgIpc) is 3.04. The summed E-state index contributed by atoms with van der Waals surface area (Å²) in [6.07, 6.45) is 2.14. The number of carbonyl (C=O) groups excluding carboxylic acids is 3. The molecule has 7 heteroatoms. The molecule has 1 aromatic rings. The zero-order valence-electron chi connectivity index (χ0n) is 15.0. The fourth-order valence-electron chi connectivity index (χ4n) is 4.22. The first-order chi connectivity index (χ1) is 12.5. The van der Waals surface area contributed by atoms with Gasteiger partial charge in [0.1, 0.15) is 13.1 Å². The van der Waals surface area contributed by atoms with E-state index in [1.165, 1.54) is 9.80 Å². The molecule has 0 saturated carbocycles. The van der Waals surface area contributed by atoms with Gasteiger partial charge in [0.25, 0.3) is 5.91 Å². The summed E-state index contributed by atoms with van der Waals surface area (Å²) in [6.45, 7) is 2.37. The van der Waals surface area contributed by atoms with Gasteiger partial charge in [-0.05, 0) is 37.4 Å². The summed E-state index contributed by atoms with van der Waals surface area (Å²) in [7, 11) is 1.67. The van der Waals surface area contributed by atoms with Crippen LogP contribution in [0.2, 0.25) is 0 Å². The third-order valence-corrected chi connectivity index (χ3v) is 5.75. The van der Waals surface area contributed by atoms with Gasteiger partial charge < -0.3 is 20.0 Å². The molecule has 0 aliphatic carbocycles. The normalized spacial score (nSPS) is 25.8. The molecule has 7 nitrogen and oxygen atoms in total. The van der Waals surface area contributed by atoms with Gasteiger partial charge in [-0.25, -0.2) is 0 Å². The number of nitrogens with one attached hydrogen (secondary N) is 1. The van der Waals surface area contributed by atoms with E-state index in [4.69, 9.17) is 0 Å². The van der Waals surface area contributed by atoms with E-state index in [0.717, 1.165) is 32.5 Å². The van der Waals surface area contributed by atoms with Crippen molar-refractivity contribution in [2.75, 3.05) is 44.7 Å². The molecule has 1 aromatic carbocycles. The minimum Gasteiger partial charge on any atom is -0.337 e. The quantitative estimate of drug-likeness (QED) is 0.828. The van der Waals surface area contributed by atoms with Crippen LogP contribution >= 0.6 is 0 Å². The Balaban J connectivity index is 1.55. The lowest BCUT2D eigenvalue weighted by molar-refractivity contribution is -0.136. The summed E-state index contributed by atoms with van der Waals surface area (Å²) in [5.74, 6) is -0.0301. The highest BCUT2D eigenvalue weighted by Gasteiger charge is 2.36. The molecule has 4 heterocycles. The zero-order valence-corrected chi connectivity index (χ0v) is 15.0. The second kappa shape index (κ2) is 6.72. The third kappa shape index (κ3) is 2.96. The fourth-order valence-corrected chi connectivity index (χ4v) is 4.22. The molecule has 3 amide bonds. The number of piperidine rings is 1. The van der Waals surface area contributed by atoms with E-state index in [-0.39, 0.29) is 36.9 Å². The van der Waals surface area contributed by atoms with Crippen LogP contribution in [0.1, 0.15) is 23.2 Å². The second-order valence-corrected chi connectivity index (χ2v) is 7.43. The van der Waals surface area contributed by atoms with Gasteiger partial charge >= 0.3 is 0 Å². The van der Waals surface area contributed by atoms with Crippen molar-refractivity contribution in [3.05, 3.63) is 29.8 Å². The molecule has 0 spiro atoms. The lowest BCUT2D eigenvalue weighted by Crippen LogP contribution is -2.52. The zero-order chi connectivity index (χ0) is 18.3. The molecule has 0 unspecified atom stereocenters. The summed E-state index contributed by atoms with van der Waals surface area (Å²) in [5.41, 5.74) is 1.06. The van der Waals surface area contributed by atoms with Crippen LogP contribution in [0.25, 0.3) is 0 Å². The Hall–Kier alpha value is -2.41. The van der Waals surface area contributed by atoms with Gasteiger partial charge in [0.2, 0.25) is 11.8 Å². The smallest absolute Gasteiger partial charge is 0.256 e. The van der Waals surface area contributed by atoms with Crippen molar-refractivity contribution in [3.8, 4) is 0 Å². The first kappa shape index (κ1) is 17.0. The number of fused-ring (bicyclic) bond motifs is 5. The molecule has 26 heavy (non-hydrogen) atoms. The Labute approximate surface area is 152 Å². The minimum atomic E-state index is -0.259. The van der Waals surface area contributed by atoms with Crippen molar-refractivity contribution < 1.29 is 14.4 Å². The van der Waals surface area contributed by atoms with Crippen molar-refractivity contribution in [1.82, 2.24) is 15.1 Å². The Bertz CT molecular complexity index is 746.